The molecule has 0 radical (unpaired) electrons. The Morgan fingerprint density at radius 2 is 1.58 bits per heavy atom. The fourth-order valence-corrected chi connectivity index (χ4v) is 3.84. The summed E-state index contributed by atoms with van der Waals surface area (Å²) in [4.78, 5) is 5.03. The molecule has 4 aromatic rings. The van der Waals surface area contributed by atoms with Crippen LogP contribution in [0.4, 0.5) is 0 Å². The molecule has 0 N–H and O–H groups in total. The zero-order chi connectivity index (χ0) is 18.3. The zero-order valence-electron chi connectivity index (χ0n) is 16.0. The minimum atomic E-state index is 0.643. The lowest BCUT2D eigenvalue weighted by molar-refractivity contribution is 0.650. The third-order valence-electron chi connectivity index (χ3n) is 4.98. The number of aromatic nitrogens is 1. The van der Waals surface area contributed by atoms with Gasteiger partial charge in [0.2, 0.25) is 0 Å². The summed E-state index contributed by atoms with van der Waals surface area (Å²) in [5.74, 6) is 0.643. The van der Waals surface area contributed by atoms with Gasteiger partial charge >= 0.3 is 0 Å². The second-order valence-corrected chi connectivity index (χ2v) is 7.82. The van der Waals surface area contributed by atoms with Gasteiger partial charge in [-0.2, -0.15) is 0 Å². The van der Waals surface area contributed by atoms with Crippen LogP contribution in [-0.4, -0.2) is 4.98 Å². The Morgan fingerprint density at radius 1 is 0.808 bits per heavy atom. The summed E-state index contributed by atoms with van der Waals surface area (Å²) in [5, 5.41) is 3.83. The van der Waals surface area contributed by atoms with Gasteiger partial charge in [0.25, 0.3) is 0 Å². The topological polar surface area (TPSA) is 12.9 Å². The van der Waals surface area contributed by atoms with Crippen LogP contribution in [0.25, 0.3) is 32.9 Å². The molecule has 3 aromatic carbocycles. The lowest BCUT2D eigenvalue weighted by atomic mass is 9.96. The van der Waals surface area contributed by atoms with E-state index in [9.17, 15) is 0 Å². The zero-order valence-corrected chi connectivity index (χ0v) is 16.0. The van der Waals surface area contributed by atoms with E-state index in [0.717, 1.165) is 17.6 Å². The molecule has 0 bridgehead atoms. The lowest BCUT2D eigenvalue weighted by Crippen LogP contribution is -1.96. The first-order valence-electron chi connectivity index (χ1n) is 9.41. The van der Waals surface area contributed by atoms with Crippen LogP contribution >= 0.6 is 0 Å². The molecule has 1 heterocycles. The molecule has 0 atom stereocenters. The van der Waals surface area contributed by atoms with Gasteiger partial charge in [0.15, 0.2) is 0 Å². The van der Waals surface area contributed by atoms with Gasteiger partial charge in [0, 0.05) is 10.9 Å². The van der Waals surface area contributed by atoms with E-state index in [0.29, 0.717) is 5.92 Å². The fraction of sp³-hybridized carbons (Fsp3) is 0.240. The summed E-state index contributed by atoms with van der Waals surface area (Å²) >= 11 is 0. The van der Waals surface area contributed by atoms with Crippen LogP contribution in [0.1, 0.15) is 30.5 Å². The third-order valence-corrected chi connectivity index (χ3v) is 4.98. The molecule has 1 nitrogen and oxygen atoms in total. The van der Waals surface area contributed by atoms with E-state index in [1.807, 2.05) is 0 Å². The number of rotatable bonds is 3. The van der Waals surface area contributed by atoms with Gasteiger partial charge in [-0.25, -0.2) is 4.98 Å². The highest BCUT2D eigenvalue weighted by molar-refractivity contribution is 5.98. The Bertz CT molecular complexity index is 1100. The molecule has 0 aliphatic carbocycles. The Kier molecular flexibility index (Phi) is 4.24. The van der Waals surface area contributed by atoms with Crippen LogP contribution in [0.5, 0.6) is 0 Å². The van der Waals surface area contributed by atoms with Crippen molar-refractivity contribution in [3.05, 3.63) is 77.4 Å². The molecule has 0 amide bonds. The second-order valence-electron chi connectivity index (χ2n) is 7.82. The highest BCUT2D eigenvalue weighted by Gasteiger charge is 2.10. The van der Waals surface area contributed by atoms with Crippen LogP contribution in [-0.2, 0) is 6.42 Å². The van der Waals surface area contributed by atoms with Gasteiger partial charge in [-0.3, -0.25) is 0 Å². The van der Waals surface area contributed by atoms with Crippen LogP contribution in [0, 0.1) is 19.8 Å². The Labute approximate surface area is 155 Å². The highest BCUT2D eigenvalue weighted by Crippen LogP contribution is 2.31. The smallest absolute Gasteiger partial charge is 0.0716 e. The van der Waals surface area contributed by atoms with Crippen LogP contribution in [0.2, 0.25) is 0 Å². The van der Waals surface area contributed by atoms with E-state index >= 15 is 0 Å². The fourth-order valence-electron chi connectivity index (χ4n) is 3.84. The maximum atomic E-state index is 5.03. The summed E-state index contributed by atoms with van der Waals surface area (Å²) in [5.41, 5.74) is 7.31. The van der Waals surface area contributed by atoms with Gasteiger partial charge < -0.3 is 0 Å². The van der Waals surface area contributed by atoms with Crippen molar-refractivity contribution in [3.8, 4) is 11.3 Å². The second kappa shape index (κ2) is 6.57. The molecular formula is C25H25N. The van der Waals surface area contributed by atoms with Gasteiger partial charge in [-0.15, -0.1) is 0 Å². The third kappa shape index (κ3) is 3.10. The van der Waals surface area contributed by atoms with Gasteiger partial charge in [0.1, 0.15) is 0 Å². The maximum Gasteiger partial charge on any atom is 0.0716 e. The van der Waals surface area contributed by atoms with Crippen molar-refractivity contribution in [2.45, 2.75) is 34.1 Å². The minimum Gasteiger partial charge on any atom is -0.248 e. The quantitative estimate of drug-likeness (QED) is 0.397. The van der Waals surface area contributed by atoms with Gasteiger partial charge in [0.05, 0.1) is 11.2 Å². The lowest BCUT2D eigenvalue weighted by Gasteiger charge is -2.12. The average Bonchev–Trinajstić information content (AvgIpc) is 2.60. The summed E-state index contributed by atoms with van der Waals surface area (Å²) in [6.07, 6.45) is 1.09. The standard InChI is InChI=1S/C25H25N/c1-16(2)12-19-6-5-7-24-22(19)10-11-25(26-24)23-15-18(4)14-20-13-17(3)8-9-21(20)23/h5-11,13-16H,12H2,1-4H3. The molecule has 130 valence electrons. The van der Waals surface area contributed by atoms with Crippen LogP contribution < -0.4 is 0 Å². The molecule has 0 saturated carbocycles. The molecule has 0 saturated heterocycles. The molecule has 1 aromatic heterocycles. The van der Waals surface area contributed by atoms with E-state index in [4.69, 9.17) is 4.98 Å². The van der Waals surface area contributed by atoms with E-state index < -0.39 is 0 Å². The van der Waals surface area contributed by atoms with Crippen molar-refractivity contribution in [1.29, 1.82) is 0 Å². The summed E-state index contributed by atoms with van der Waals surface area (Å²) in [7, 11) is 0. The van der Waals surface area contributed by atoms with Crippen LogP contribution in [0.3, 0.4) is 0 Å². The van der Waals surface area contributed by atoms with Gasteiger partial charge in [-0.05, 0) is 66.3 Å². The monoisotopic (exact) mass is 339 g/mol. The van der Waals surface area contributed by atoms with Crippen molar-refractivity contribution in [2.75, 3.05) is 0 Å². The summed E-state index contributed by atoms with van der Waals surface area (Å²) < 4.78 is 0. The number of aryl methyl sites for hydroxylation is 2. The van der Waals surface area contributed by atoms with E-state index in [2.05, 4.69) is 88.4 Å². The molecule has 26 heavy (non-hydrogen) atoms. The molecule has 4 rings (SSSR count). The average molecular weight is 339 g/mol. The van der Waals surface area contributed by atoms with Crippen molar-refractivity contribution in [1.82, 2.24) is 4.98 Å². The van der Waals surface area contributed by atoms with Gasteiger partial charge in [-0.1, -0.05) is 61.9 Å². The van der Waals surface area contributed by atoms with Crippen molar-refractivity contribution in [3.63, 3.8) is 0 Å². The maximum absolute atomic E-state index is 5.03. The molecule has 1 heteroatoms. The molecule has 0 aliphatic heterocycles. The number of nitrogens with zero attached hydrogens (tertiary/aromatic N) is 1. The number of pyridine rings is 1. The Hall–Kier alpha value is -2.67. The predicted molar refractivity (Wildman–Crippen MR) is 113 cm³/mol. The number of hydrogen-bond acceptors (Lipinski definition) is 1. The first-order valence-corrected chi connectivity index (χ1v) is 9.41. The first-order chi connectivity index (χ1) is 12.5. The molecule has 0 spiro atoms. The molecular weight excluding hydrogens is 314 g/mol. The molecule has 0 aliphatic rings. The summed E-state index contributed by atoms with van der Waals surface area (Å²) in [6.45, 7) is 8.84. The highest BCUT2D eigenvalue weighted by atomic mass is 14.7. The van der Waals surface area contributed by atoms with E-state index in [-0.39, 0.29) is 0 Å². The largest absolute Gasteiger partial charge is 0.248 e. The van der Waals surface area contributed by atoms with E-state index in [1.165, 1.54) is 38.4 Å². The number of benzene rings is 3. The SMILES string of the molecule is Cc1ccc2c(-c3ccc4c(CC(C)C)cccc4n3)cc(C)cc2c1. The predicted octanol–water partition coefficient (Wildman–Crippen LogP) is 6.87. The number of fused-ring (bicyclic) bond motifs is 2. The molecule has 0 fully saturated rings. The minimum absolute atomic E-state index is 0.643. The normalized spacial score (nSPS) is 11.6. The van der Waals surface area contributed by atoms with Crippen molar-refractivity contribution in [2.24, 2.45) is 5.92 Å². The summed E-state index contributed by atoms with van der Waals surface area (Å²) in [6, 6.07) is 22.1. The van der Waals surface area contributed by atoms with Crippen LogP contribution in [0.15, 0.2) is 60.7 Å². The Balaban J connectivity index is 1.91. The Morgan fingerprint density at radius 3 is 2.38 bits per heavy atom. The van der Waals surface area contributed by atoms with Crippen molar-refractivity contribution < 1.29 is 0 Å². The molecule has 0 unspecified atom stereocenters. The van der Waals surface area contributed by atoms with Crippen molar-refractivity contribution >= 4 is 21.7 Å². The first kappa shape index (κ1) is 16.8. The van der Waals surface area contributed by atoms with E-state index in [1.54, 1.807) is 0 Å². The number of hydrogen-bond donors (Lipinski definition) is 0.